The topological polar surface area (TPSA) is 64.7 Å². The fourth-order valence-corrected chi connectivity index (χ4v) is 1.60. The summed E-state index contributed by atoms with van der Waals surface area (Å²) >= 11 is 0. The Morgan fingerprint density at radius 1 is 1.21 bits per heavy atom. The molecule has 0 spiro atoms. The highest BCUT2D eigenvalue weighted by atomic mass is 16.5. The van der Waals surface area contributed by atoms with Crippen LogP contribution in [0, 0.1) is 0 Å². The van der Waals surface area contributed by atoms with Crippen molar-refractivity contribution < 1.29 is 9.53 Å². The van der Waals surface area contributed by atoms with Gasteiger partial charge in [0.1, 0.15) is 5.75 Å². The van der Waals surface area contributed by atoms with Gasteiger partial charge in [0.25, 0.3) is 5.91 Å². The number of carbonyl (C=O) groups is 1. The smallest absolute Gasteiger partial charge is 0.277 e. The van der Waals surface area contributed by atoms with Gasteiger partial charge in [-0.2, -0.15) is 0 Å². The summed E-state index contributed by atoms with van der Waals surface area (Å²) < 4.78 is 5.10. The number of anilines is 1. The number of nitrogens with two attached hydrogens (primary N) is 1. The van der Waals surface area contributed by atoms with Crippen LogP contribution < -0.4 is 10.5 Å². The molecule has 0 saturated heterocycles. The Morgan fingerprint density at radius 2 is 2.00 bits per heavy atom. The van der Waals surface area contributed by atoms with Crippen molar-refractivity contribution in [3.63, 3.8) is 0 Å². The average Bonchev–Trinajstić information content (AvgIpc) is 2.45. The lowest BCUT2D eigenvalue weighted by Crippen LogP contribution is -1.97. The van der Waals surface area contributed by atoms with Crippen LogP contribution in [0.5, 0.6) is 5.75 Å². The summed E-state index contributed by atoms with van der Waals surface area (Å²) in [6, 6.07) is 14.1. The number of amides is 1. The third-order valence-electron chi connectivity index (χ3n) is 2.56. The van der Waals surface area contributed by atoms with Crippen LogP contribution in [0.2, 0.25) is 0 Å². The zero-order chi connectivity index (χ0) is 13.7. The number of ether oxygens (including phenoxy) is 1. The van der Waals surface area contributed by atoms with Crippen molar-refractivity contribution in [2.75, 3.05) is 12.8 Å². The highest BCUT2D eigenvalue weighted by Gasteiger charge is 2.02. The predicted molar refractivity (Wildman–Crippen MR) is 75.8 cm³/mol. The molecule has 4 heteroatoms. The van der Waals surface area contributed by atoms with E-state index < -0.39 is 0 Å². The number of aliphatic imine (C=N–C) groups is 1. The lowest BCUT2D eigenvalue weighted by molar-refractivity contribution is 0.100. The van der Waals surface area contributed by atoms with Crippen molar-refractivity contribution in [2.45, 2.75) is 0 Å². The van der Waals surface area contributed by atoms with E-state index in [4.69, 9.17) is 10.5 Å². The van der Waals surface area contributed by atoms with E-state index in [0.29, 0.717) is 11.3 Å². The van der Waals surface area contributed by atoms with Crippen molar-refractivity contribution >= 4 is 17.8 Å². The molecule has 2 aromatic carbocycles. The van der Waals surface area contributed by atoms with Gasteiger partial charge >= 0.3 is 0 Å². The summed E-state index contributed by atoms with van der Waals surface area (Å²) in [6.45, 7) is 0. The molecule has 96 valence electrons. The number of methoxy groups -OCH3 is 1. The highest BCUT2D eigenvalue weighted by molar-refractivity contribution is 6.02. The first-order valence-electron chi connectivity index (χ1n) is 5.77. The third kappa shape index (κ3) is 3.42. The zero-order valence-corrected chi connectivity index (χ0v) is 10.5. The minimum Gasteiger partial charge on any atom is -0.497 e. The molecule has 4 nitrogen and oxygen atoms in total. The van der Waals surface area contributed by atoms with Gasteiger partial charge in [-0.15, -0.1) is 0 Å². The van der Waals surface area contributed by atoms with Gasteiger partial charge in [-0.05, 0) is 35.9 Å². The first-order chi connectivity index (χ1) is 9.19. The number of rotatable bonds is 3. The van der Waals surface area contributed by atoms with Crippen LogP contribution in [0.4, 0.5) is 5.69 Å². The van der Waals surface area contributed by atoms with Crippen molar-refractivity contribution in [2.24, 2.45) is 4.99 Å². The maximum atomic E-state index is 11.8. The molecule has 0 aliphatic rings. The van der Waals surface area contributed by atoms with Crippen LogP contribution in [0.15, 0.2) is 53.5 Å². The standard InChI is InChI=1S/C15H14N2O2/c1-19-14-7-2-4-11(8-14)10-17-15(18)12-5-3-6-13(16)9-12/h2-10H,16H2,1H3. The number of hydrogen-bond acceptors (Lipinski definition) is 3. The van der Waals surface area contributed by atoms with E-state index in [1.165, 1.54) is 6.21 Å². The third-order valence-corrected chi connectivity index (χ3v) is 2.56. The van der Waals surface area contributed by atoms with Crippen LogP contribution in [0.3, 0.4) is 0 Å². The van der Waals surface area contributed by atoms with Crippen LogP contribution >= 0.6 is 0 Å². The van der Waals surface area contributed by atoms with Gasteiger partial charge in [-0.1, -0.05) is 18.2 Å². The molecule has 2 aromatic rings. The number of carbonyl (C=O) groups excluding carboxylic acids is 1. The van der Waals surface area contributed by atoms with Crippen molar-refractivity contribution in [3.05, 3.63) is 59.7 Å². The maximum absolute atomic E-state index is 11.8. The summed E-state index contributed by atoms with van der Waals surface area (Å²) in [5.41, 5.74) is 7.44. The quantitative estimate of drug-likeness (QED) is 0.676. The zero-order valence-electron chi connectivity index (χ0n) is 10.5. The molecule has 0 unspecified atom stereocenters. The molecule has 0 fully saturated rings. The number of nitrogens with zero attached hydrogens (tertiary/aromatic N) is 1. The molecule has 0 radical (unpaired) electrons. The molecular weight excluding hydrogens is 240 g/mol. The van der Waals surface area contributed by atoms with Crippen LogP contribution in [-0.4, -0.2) is 19.2 Å². The van der Waals surface area contributed by atoms with Crippen molar-refractivity contribution in [3.8, 4) is 5.75 Å². The Bertz CT molecular complexity index is 621. The van der Waals surface area contributed by atoms with Gasteiger partial charge in [0.15, 0.2) is 0 Å². The van der Waals surface area contributed by atoms with E-state index in [1.54, 1.807) is 37.4 Å². The van der Waals surface area contributed by atoms with Gasteiger partial charge in [0, 0.05) is 17.5 Å². The van der Waals surface area contributed by atoms with E-state index in [0.717, 1.165) is 11.3 Å². The van der Waals surface area contributed by atoms with Crippen LogP contribution in [0.25, 0.3) is 0 Å². The second kappa shape index (κ2) is 5.82. The Balaban J connectivity index is 2.16. The maximum Gasteiger partial charge on any atom is 0.277 e. The molecule has 19 heavy (non-hydrogen) atoms. The second-order valence-corrected chi connectivity index (χ2v) is 3.97. The minimum absolute atomic E-state index is 0.324. The highest BCUT2D eigenvalue weighted by Crippen LogP contribution is 2.11. The number of benzene rings is 2. The van der Waals surface area contributed by atoms with Crippen molar-refractivity contribution in [1.29, 1.82) is 0 Å². The second-order valence-electron chi connectivity index (χ2n) is 3.97. The fourth-order valence-electron chi connectivity index (χ4n) is 1.60. The van der Waals surface area contributed by atoms with Crippen LogP contribution in [0.1, 0.15) is 15.9 Å². The van der Waals surface area contributed by atoms with Gasteiger partial charge in [0.05, 0.1) is 7.11 Å². The number of hydrogen-bond donors (Lipinski definition) is 1. The van der Waals surface area contributed by atoms with Gasteiger partial charge in [-0.25, -0.2) is 4.99 Å². The summed E-state index contributed by atoms with van der Waals surface area (Å²) in [7, 11) is 1.59. The van der Waals surface area contributed by atoms with Gasteiger partial charge in [-0.3, -0.25) is 4.79 Å². The average molecular weight is 254 g/mol. The van der Waals surface area contributed by atoms with Crippen molar-refractivity contribution in [1.82, 2.24) is 0 Å². The summed E-state index contributed by atoms with van der Waals surface area (Å²) in [5, 5.41) is 0. The van der Waals surface area contributed by atoms with E-state index in [2.05, 4.69) is 4.99 Å². The molecule has 0 saturated carbocycles. The summed E-state index contributed by atoms with van der Waals surface area (Å²) in [6.07, 6.45) is 1.51. The number of nitrogen functional groups attached to an aromatic ring is 1. The molecule has 0 aliphatic carbocycles. The SMILES string of the molecule is COc1cccc(C=NC(=O)c2cccc(N)c2)c1. The van der Waals surface area contributed by atoms with E-state index >= 15 is 0 Å². The Morgan fingerprint density at radius 3 is 2.74 bits per heavy atom. The minimum atomic E-state index is -0.324. The predicted octanol–water partition coefficient (Wildman–Crippen LogP) is 2.54. The van der Waals surface area contributed by atoms with E-state index in [9.17, 15) is 4.79 Å². The molecule has 0 bridgehead atoms. The Labute approximate surface area is 111 Å². The first-order valence-corrected chi connectivity index (χ1v) is 5.77. The monoisotopic (exact) mass is 254 g/mol. The summed E-state index contributed by atoms with van der Waals surface area (Å²) in [4.78, 5) is 15.7. The first kappa shape index (κ1) is 12.8. The van der Waals surface area contributed by atoms with Gasteiger partial charge in [0.2, 0.25) is 0 Å². The molecule has 0 aromatic heterocycles. The molecule has 2 rings (SSSR count). The largest absolute Gasteiger partial charge is 0.497 e. The normalized spacial score (nSPS) is 10.6. The van der Waals surface area contributed by atoms with E-state index in [1.807, 2.05) is 18.2 Å². The molecular formula is C15H14N2O2. The lowest BCUT2D eigenvalue weighted by atomic mass is 10.2. The molecule has 1 amide bonds. The molecule has 0 aliphatic heterocycles. The molecule has 2 N–H and O–H groups in total. The Kier molecular flexibility index (Phi) is 3.93. The van der Waals surface area contributed by atoms with E-state index in [-0.39, 0.29) is 5.91 Å². The molecule has 0 atom stereocenters. The van der Waals surface area contributed by atoms with Gasteiger partial charge < -0.3 is 10.5 Å². The summed E-state index contributed by atoms with van der Waals surface area (Å²) in [5.74, 6) is 0.399. The fraction of sp³-hybridized carbons (Fsp3) is 0.0667. The van der Waals surface area contributed by atoms with Crippen LogP contribution in [-0.2, 0) is 0 Å². The molecule has 0 heterocycles. The lowest BCUT2D eigenvalue weighted by Gasteiger charge is -2.00. The Hall–Kier alpha value is -2.62.